The predicted molar refractivity (Wildman–Crippen MR) is 81.3 cm³/mol. The van der Waals surface area contributed by atoms with E-state index < -0.39 is 9.84 Å². The fourth-order valence-electron chi connectivity index (χ4n) is 1.52. The quantitative estimate of drug-likeness (QED) is 0.732. The molecule has 0 aliphatic heterocycles. The number of nitrogens with one attached hydrogen (secondary N) is 1. The van der Waals surface area contributed by atoms with Gasteiger partial charge in [-0.05, 0) is 24.6 Å². The molecule has 19 heavy (non-hydrogen) atoms. The molecule has 0 aliphatic rings. The van der Waals surface area contributed by atoms with Gasteiger partial charge in [0.25, 0.3) is 0 Å². The van der Waals surface area contributed by atoms with Gasteiger partial charge in [-0.3, -0.25) is 0 Å². The molecule has 0 aliphatic carbocycles. The molecule has 6 heteroatoms. The topological polar surface area (TPSA) is 55.4 Å². The van der Waals surface area contributed by atoms with Crippen molar-refractivity contribution in [2.24, 2.45) is 0 Å². The van der Waals surface area contributed by atoms with Crippen LogP contribution in [0.3, 0.4) is 0 Å². The molecule has 0 atom stereocenters. The Labute approximate surface area is 123 Å². The molecule has 0 saturated heterocycles. The molecule has 1 rings (SSSR count). The average molecular weight is 350 g/mol. The zero-order valence-corrected chi connectivity index (χ0v) is 13.7. The molecular formula is C13H20BrNO3S. The van der Waals surface area contributed by atoms with Crippen molar-refractivity contribution in [1.82, 2.24) is 5.32 Å². The van der Waals surface area contributed by atoms with Gasteiger partial charge >= 0.3 is 0 Å². The van der Waals surface area contributed by atoms with E-state index >= 15 is 0 Å². The summed E-state index contributed by atoms with van der Waals surface area (Å²) in [7, 11) is -2.91. The first kappa shape index (κ1) is 16.5. The van der Waals surface area contributed by atoms with Crippen molar-refractivity contribution in [2.45, 2.75) is 19.9 Å². The van der Waals surface area contributed by atoms with Crippen molar-refractivity contribution in [2.75, 3.05) is 25.2 Å². The summed E-state index contributed by atoms with van der Waals surface area (Å²) in [6.45, 7) is 3.77. The zero-order chi connectivity index (χ0) is 14.3. The third-order valence-corrected chi connectivity index (χ3v) is 3.89. The van der Waals surface area contributed by atoms with Crippen LogP contribution in [0.15, 0.2) is 22.7 Å². The minimum Gasteiger partial charge on any atom is -0.493 e. The van der Waals surface area contributed by atoms with Crippen molar-refractivity contribution in [3.8, 4) is 5.75 Å². The van der Waals surface area contributed by atoms with Crippen LogP contribution in [-0.4, -0.2) is 33.6 Å². The van der Waals surface area contributed by atoms with E-state index in [-0.39, 0.29) is 5.75 Å². The second-order valence-corrected chi connectivity index (χ2v) is 7.58. The third kappa shape index (κ3) is 6.94. The second-order valence-electron chi connectivity index (χ2n) is 4.41. The van der Waals surface area contributed by atoms with E-state index in [1.807, 2.05) is 18.2 Å². The number of halogens is 1. The Bertz CT molecular complexity index is 503. The minimum absolute atomic E-state index is 0.145. The number of sulfone groups is 1. The van der Waals surface area contributed by atoms with Gasteiger partial charge in [0.05, 0.1) is 12.4 Å². The molecule has 1 aromatic carbocycles. The van der Waals surface area contributed by atoms with Crippen LogP contribution in [0.25, 0.3) is 0 Å². The van der Waals surface area contributed by atoms with E-state index in [4.69, 9.17) is 4.74 Å². The van der Waals surface area contributed by atoms with E-state index in [9.17, 15) is 8.42 Å². The number of rotatable bonds is 8. The predicted octanol–water partition coefficient (Wildman–Crippen LogP) is 2.37. The van der Waals surface area contributed by atoms with E-state index in [2.05, 4.69) is 28.2 Å². The Morgan fingerprint density at radius 2 is 2.11 bits per heavy atom. The maximum atomic E-state index is 11.0. The summed E-state index contributed by atoms with van der Waals surface area (Å²) in [6, 6.07) is 5.84. The van der Waals surface area contributed by atoms with Crippen molar-refractivity contribution >= 4 is 25.8 Å². The highest BCUT2D eigenvalue weighted by molar-refractivity contribution is 9.10. The highest BCUT2D eigenvalue weighted by atomic mass is 79.9. The lowest BCUT2D eigenvalue weighted by Gasteiger charge is -2.12. The van der Waals surface area contributed by atoms with Crippen LogP contribution in [0.1, 0.15) is 18.9 Å². The molecular weight excluding hydrogens is 330 g/mol. The zero-order valence-electron chi connectivity index (χ0n) is 11.3. The molecule has 0 saturated carbocycles. The average Bonchev–Trinajstić information content (AvgIpc) is 2.32. The summed E-state index contributed by atoms with van der Waals surface area (Å²) < 4.78 is 28.7. The summed E-state index contributed by atoms with van der Waals surface area (Å²) in [6.07, 6.45) is 2.20. The second kappa shape index (κ2) is 7.87. The lowest BCUT2D eigenvalue weighted by molar-refractivity contribution is 0.313. The van der Waals surface area contributed by atoms with Gasteiger partial charge in [0, 0.05) is 29.4 Å². The third-order valence-electron chi connectivity index (χ3n) is 2.45. The van der Waals surface area contributed by atoms with E-state index in [1.54, 1.807) is 0 Å². The van der Waals surface area contributed by atoms with Crippen molar-refractivity contribution in [3.63, 3.8) is 0 Å². The first-order valence-electron chi connectivity index (χ1n) is 6.22. The molecule has 0 fully saturated rings. The van der Waals surface area contributed by atoms with E-state index in [0.717, 1.165) is 22.2 Å². The van der Waals surface area contributed by atoms with Crippen LogP contribution >= 0.6 is 15.9 Å². The number of hydrogen-bond donors (Lipinski definition) is 1. The minimum atomic E-state index is -2.91. The monoisotopic (exact) mass is 349 g/mol. The molecule has 0 heterocycles. The molecule has 0 spiro atoms. The molecule has 0 unspecified atom stereocenters. The Hall–Kier alpha value is -0.590. The lowest BCUT2D eigenvalue weighted by atomic mass is 10.2. The Balaban J connectivity index is 2.57. The van der Waals surface area contributed by atoms with Gasteiger partial charge in [0.15, 0.2) is 0 Å². The van der Waals surface area contributed by atoms with Crippen LogP contribution in [0.5, 0.6) is 5.75 Å². The molecule has 108 valence electrons. The van der Waals surface area contributed by atoms with Gasteiger partial charge in [-0.15, -0.1) is 0 Å². The highest BCUT2D eigenvalue weighted by Crippen LogP contribution is 2.23. The largest absolute Gasteiger partial charge is 0.493 e. The summed E-state index contributed by atoms with van der Waals surface area (Å²) in [5, 5.41) is 3.12. The number of hydrogen-bond acceptors (Lipinski definition) is 4. The maximum absolute atomic E-state index is 11.0. The van der Waals surface area contributed by atoms with Gasteiger partial charge in [-0.2, -0.15) is 0 Å². The molecule has 4 nitrogen and oxygen atoms in total. The SMILES string of the molecule is CCCOc1ccc(Br)cc1CNCCS(C)(=O)=O. The number of ether oxygens (including phenoxy) is 1. The fourth-order valence-corrected chi connectivity index (χ4v) is 2.44. The van der Waals surface area contributed by atoms with Crippen molar-refractivity contribution < 1.29 is 13.2 Å². The normalized spacial score (nSPS) is 11.5. The lowest BCUT2D eigenvalue weighted by Crippen LogP contribution is -2.22. The molecule has 1 aromatic rings. The Kier molecular flexibility index (Phi) is 6.82. The molecule has 1 N–H and O–H groups in total. The first-order chi connectivity index (χ1) is 8.92. The highest BCUT2D eigenvalue weighted by Gasteiger charge is 2.06. The van der Waals surface area contributed by atoms with Crippen LogP contribution in [0.2, 0.25) is 0 Å². The Morgan fingerprint density at radius 3 is 2.74 bits per heavy atom. The molecule has 0 bridgehead atoms. The Morgan fingerprint density at radius 1 is 1.37 bits per heavy atom. The van der Waals surface area contributed by atoms with Crippen LogP contribution in [0, 0.1) is 0 Å². The standard InChI is InChI=1S/C13H20BrNO3S/c1-3-7-18-13-5-4-12(14)9-11(13)10-15-6-8-19(2,16)17/h4-5,9,15H,3,6-8,10H2,1-2H3. The first-order valence-corrected chi connectivity index (χ1v) is 9.07. The van der Waals surface area contributed by atoms with E-state index in [0.29, 0.717) is 19.7 Å². The van der Waals surface area contributed by atoms with Gasteiger partial charge < -0.3 is 10.1 Å². The van der Waals surface area contributed by atoms with Crippen LogP contribution in [0.4, 0.5) is 0 Å². The molecule has 0 aromatic heterocycles. The van der Waals surface area contributed by atoms with E-state index in [1.165, 1.54) is 6.26 Å². The summed E-state index contributed by atoms with van der Waals surface area (Å²) in [5.74, 6) is 0.989. The van der Waals surface area contributed by atoms with Gasteiger partial charge in [0.1, 0.15) is 15.6 Å². The smallest absolute Gasteiger partial charge is 0.148 e. The molecule has 0 amide bonds. The fraction of sp³-hybridized carbons (Fsp3) is 0.538. The van der Waals surface area contributed by atoms with Gasteiger partial charge in [-0.1, -0.05) is 22.9 Å². The maximum Gasteiger partial charge on any atom is 0.148 e. The van der Waals surface area contributed by atoms with Gasteiger partial charge in [-0.25, -0.2) is 8.42 Å². The summed E-state index contributed by atoms with van der Waals surface area (Å²) in [5.41, 5.74) is 1.02. The van der Waals surface area contributed by atoms with Crippen molar-refractivity contribution in [1.29, 1.82) is 0 Å². The van der Waals surface area contributed by atoms with Crippen LogP contribution < -0.4 is 10.1 Å². The van der Waals surface area contributed by atoms with Crippen LogP contribution in [-0.2, 0) is 16.4 Å². The summed E-state index contributed by atoms with van der Waals surface area (Å²) >= 11 is 3.43. The van der Waals surface area contributed by atoms with Crippen molar-refractivity contribution in [3.05, 3.63) is 28.2 Å². The van der Waals surface area contributed by atoms with Gasteiger partial charge in [0.2, 0.25) is 0 Å². The molecule has 0 radical (unpaired) electrons. The summed E-state index contributed by atoms with van der Waals surface area (Å²) in [4.78, 5) is 0. The number of benzene rings is 1.